The number of nitro benzene ring substituents is 1. The van der Waals surface area contributed by atoms with Crippen molar-refractivity contribution in [3.8, 4) is 6.07 Å². The van der Waals surface area contributed by atoms with Gasteiger partial charge in [0.25, 0.3) is 5.69 Å². The molecular weight excluding hydrogens is 470 g/mol. The van der Waals surface area contributed by atoms with Crippen LogP contribution in [0, 0.1) is 21.4 Å². The van der Waals surface area contributed by atoms with Crippen LogP contribution in [0.15, 0.2) is 82.8 Å². The molecule has 1 aliphatic heterocycles. The number of ketones is 2. The highest BCUT2D eigenvalue weighted by Crippen LogP contribution is 2.38. The number of nitro groups is 1. The van der Waals surface area contributed by atoms with E-state index in [-0.39, 0.29) is 32.7 Å². The number of allylic oxidation sites excluding steroid dienone is 1. The molecule has 0 spiro atoms. The van der Waals surface area contributed by atoms with Crippen molar-refractivity contribution in [2.45, 2.75) is 6.92 Å². The minimum Gasteiger partial charge on any atom is -0.339 e. The van der Waals surface area contributed by atoms with Crippen LogP contribution in [-0.4, -0.2) is 31.5 Å². The first-order valence-electron chi connectivity index (χ1n) is 10.0. The SMILES string of the molecule is CC(=O)C1=NN(c2ccc([N+](=O)[O-])cc2)C(=C(C#N)C(=O)c2ccc(Nc3cnccn3)cc2)S1. The Hall–Kier alpha value is -4.89. The summed E-state index contributed by atoms with van der Waals surface area (Å²) in [7, 11) is 0. The normalized spacial score (nSPS) is 14.1. The Morgan fingerprint density at radius 2 is 1.83 bits per heavy atom. The summed E-state index contributed by atoms with van der Waals surface area (Å²) in [6.45, 7) is 1.32. The number of aromatic nitrogens is 2. The highest BCUT2D eigenvalue weighted by atomic mass is 32.2. The lowest BCUT2D eigenvalue weighted by Crippen LogP contribution is -2.15. The van der Waals surface area contributed by atoms with Gasteiger partial charge in [0.2, 0.25) is 5.78 Å². The van der Waals surface area contributed by atoms with Crippen molar-refractivity contribution in [2.75, 3.05) is 10.3 Å². The first kappa shape index (κ1) is 23.3. The largest absolute Gasteiger partial charge is 0.339 e. The van der Waals surface area contributed by atoms with E-state index in [0.29, 0.717) is 17.2 Å². The summed E-state index contributed by atoms with van der Waals surface area (Å²) in [6, 6.07) is 13.8. The number of nitrogens with zero attached hydrogens (tertiary/aromatic N) is 6. The van der Waals surface area contributed by atoms with Crippen molar-refractivity contribution in [2.24, 2.45) is 5.10 Å². The summed E-state index contributed by atoms with van der Waals surface area (Å²) in [5, 5.41) is 29.6. The topological polar surface area (TPSA) is 154 Å². The van der Waals surface area contributed by atoms with Gasteiger partial charge in [0.05, 0.1) is 16.8 Å². The van der Waals surface area contributed by atoms with Crippen molar-refractivity contribution >= 4 is 51.3 Å². The zero-order chi connectivity index (χ0) is 24.9. The van der Waals surface area contributed by atoms with Gasteiger partial charge in [0.1, 0.15) is 22.5 Å². The third-order valence-electron chi connectivity index (χ3n) is 4.72. The van der Waals surface area contributed by atoms with Gasteiger partial charge in [-0.05, 0) is 48.2 Å². The molecule has 0 fully saturated rings. The fraction of sp³-hybridized carbons (Fsp3) is 0.0435. The summed E-state index contributed by atoms with van der Waals surface area (Å²) in [5.41, 5.74) is 0.924. The van der Waals surface area contributed by atoms with Crippen LogP contribution in [0.3, 0.4) is 0 Å². The average Bonchev–Trinajstić information content (AvgIpc) is 3.31. The number of hydrogen-bond acceptors (Lipinski definition) is 11. The molecule has 3 aromatic rings. The first-order chi connectivity index (χ1) is 16.9. The maximum Gasteiger partial charge on any atom is 0.269 e. The standard InChI is InChI=1S/C23H15N7O4S/c1-14(31)22-28-29(17-6-8-18(9-7-17)30(33)34)23(35-22)19(12-24)21(32)15-2-4-16(5-3-15)27-20-13-25-10-11-26-20/h2-11,13H,1H3,(H,26,27). The number of benzene rings is 2. The van der Waals surface area contributed by atoms with Gasteiger partial charge in [0, 0.05) is 42.7 Å². The number of nitrogens with one attached hydrogen (secondary N) is 1. The van der Waals surface area contributed by atoms with Crippen LogP contribution >= 0.6 is 11.8 Å². The van der Waals surface area contributed by atoms with E-state index in [1.807, 2.05) is 6.07 Å². The molecule has 1 aliphatic rings. The second kappa shape index (κ2) is 9.94. The molecule has 0 aliphatic carbocycles. The van der Waals surface area contributed by atoms with Gasteiger partial charge >= 0.3 is 0 Å². The fourth-order valence-corrected chi connectivity index (χ4v) is 3.96. The van der Waals surface area contributed by atoms with Gasteiger partial charge in [-0.2, -0.15) is 10.4 Å². The maximum atomic E-state index is 13.2. The third-order valence-corrected chi connectivity index (χ3v) is 5.85. The molecular formula is C23H15N7O4S. The lowest BCUT2D eigenvalue weighted by atomic mass is 10.0. The molecule has 11 nitrogen and oxygen atoms in total. The van der Waals surface area contributed by atoms with Crippen LogP contribution in [0.5, 0.6) is 0 Å². The van der Waals surface area contributed by atoms with Crippen LogP contribution in [0.1, 0.15) is 17.3 Å². The minimum atomic E-state index is -0.562. The Morgan fingerprint density at radius 1 is 1.11 bits per heavy atom. The van der Waals surface area contributed by atoms with Crippen LogP contribution in [0.25, 0.3) is 0 Å². The molecule has 0 bridgehead atoms. The van der Waals surface area contributed by atoms with E-state index < -0.39 is 10.7 Å². The molecule has 0 saturated heterocycles. The van der Waals surface area contributed by atoms with Crippen LogP contribution < -0.4 is 10.3 Å². The zero-order valence-electron chi connectivity index (χ0n) is 18.1. The molecule has 1 aromatic heterocycles. The van der Waals surface area contributed by atoms with Crippen molar-refractivity contribution in [1.82, 2.24) is 9.97 Å². The highest BCUT2D eigenvalue weighted by Gasteiger charge is 2.32. The molecule has 4 rings (SSSR count). The Balaban J connectivity index is 1.66. The summed E-state index contributed by atoms with van der Waals surface area (Å²) in [6.07, 6.45) is 4.64. The summed E-state index contributed by atoms with van der Waals surface area (Å²) in [5.74, 6) is -0.379. The second-order valence-corrected chi connectivity index (χ2v) is 8.04. The molecule has 2 heterocycles. The average molecular weight is 485 g/mol. The quantitative estimate of drug-likeness (QED) is 0.169. The second-order valence-electron chi connectivity index (χ2n) is 7.06. The van der Waals surface area contributed by atoms with E-state index in [2.05, 4.69) is 20.4 Å². The number of rotatable bonds is 7. The fourth-order valence-electron chi connectivity index (χ4n) is 3.04. The summed E-state index contributed by atoms with van der Waals surface area (Å²) < 4.78 is 0. The van der Waals surface area contributed by atoms with Crippen molar-refractivity contribution in [1.29, 1.82) is 5.26 Å². The van der Waals surface area contributed by atoms with E-state index in [1.165, 1.54) is 36.2 Å². The van der Waals surface area contributed by atoms with Gasteiger partial charge in [-0.25, -0.2) is 9.99 Å². The number of non-ortho nitro benzene ring substituents is 1. The zero-order valence-corrected chi connectivity index (χ0v) is 18.9. The van der Waals surface area contributed by atoms with Crippen LogP contribution in [-0.2, 0) is 4.79 Å². The summed E-state index contributed by atoms with van der Waals surface area (Å²) in [4.78, 5) is 43.7. The van der Waals surface area contributed by atoms with E-state index >= 15 is 0 Å². The number of thioether (sulfide) groups is 1. The van der Waals surface area contributed by atoms with Gasteiger partial charge in [-0.15, -0.1) is 0 Å². The highest BCUT2D eigenvalue weighted by molar-refractivity contribution is 8.19. The number of Topliss-reactive ketones (excluding diaryl/α,β-unsaturated/α-hetero) is 2. The van der Waals surface area contributed by atoms with Crippen molar-refractivity contribution in [3.63, 3.8) is 0 Å². The lowest BCUT2D eigenvalue weighted by Gasteiger charge is -2.16. The number of nitriles is 1. The molecule has 0 radical (unpaired) electrons. The van der Waals surface area contributed by atoms with Gasteiger partial charge in [-0.1, -0.05) is 0 Å². The van der Waals surface area contributed by atoms with E-state index in [1.54, 1.807) is 42.9 Å². The minimum absolute atomic E-state index is 0.0856. The van der Waals surface area contributed by atoms with Crippen molar-refractivity contribution in [3.05, 3.63) is 93.4 Å². The molecule has 1 N–H and O–H groups in total. The van der Waals surface area contributed by atoms with Gasteiger partial charge in [-0.3, -0.25) is 24.7 Å². The molecule has 0 atom stereocenters. The molecule has 35 heavy (non-hydrogen) atoms. The van der Waals surface area contributed by atoms with Gasteiger partial charge < -0.3 is 5.32 Å². The molecule has 0 saturated carbocycles. The van der Waals surface area contributed by atoms with Crippen LogP contribution in [0.4, 0.5) is 22.9 Å². The number of anilines is 3. The Morgan fingerprint density at radius 3 is 2.40 bits per heavy atom. The molecule has 12 heteroatoms. The van der Waals surface area contributed by atoms with E-state index in [4.69, 9.17) is 0 Å². The Kier molecular flexibility index (Phi) is 6.61. The van der Waals surface area contributed by atoms with Crippen molar-refractivity contribution < 1.29 is 14.5 Å². The molecule has 0 unspecified atom stereocenters. The summed E-state index contributed by atoms with van der Waals surface area (Å²) >= 11 is 0.894. The van der Waals surface area contributed by atoms with E-state index in [0.717, 1.165) is 11.8 Å². The molecule has 172 valence electrons. The smallest absolute Gasteiger partial charge is 0.269 e. The Bertz CT molecular complexity index is 1410. The predicted molar refractivity (Wildman–Crippen MR) is 130 cm³/mol. The van der Waals surface area contributed by atoms with Gasteiger partial charge in [0.15, 0.2) is 10.8 Å². The number of hydrogen-bond donors (Lipinski definition) is 1. The predicted octanol–water partition coefficient (Wildman–Crippen LogP) is 4.20. The lowest BCUT2D eigenvalue weighted by molar-refractivity contribution is -0.384. The number of hydrazone groups is 1. The van der Waals surface area contributed by atoms with E-state index in [9.17, 15) is 25.0 Å². The molecule has 2 aromatic carbocycles. The number of carbonyl (C=O) groups excluding carboxylic acids is 2. The maximum absolute atomic E-state index is 13.2. The molecule has 0 amide bonds. The third kappa shape index (κ3) is 5.05. The monoisotopic (exact) mass is 485 g/mol. The Labute approximate surface area is 203 Å². The first-order valence-corrected chi connectivity index (χ1v) is 10.8. The van der Waals surface area contributed by atoms with Crippen LogP contribution in [0.2, 0.25) is 0 Å². The number of carbonyl (C=O) groups is 2.